The van der Waals surface area contributed by atoms with E-state index < -0.39 is 35.6 Å². The Morgan fingerprint density at radius 2 is 1.86 bits per heavy atom. The first-order valence-corrected chi connectivity index (χ1v) is 12.3. The molecule has 1 aromatic heterocycles. The number of piperidine rings is 2. The summed E-state index contributed by atoms with van der Waals surface area (Å²) in [6, 6.07) is 4.01. The largest absolute Gasteiger partial charge is 0.380 e. The van der Waals surface area contributed by atoms with Crippen molar-refractivity contribution in [2.45, 2.75) is 57.2 Å². The Morgan fingerprint density at radius 1 is 1.11 bits per heavy atom. The molecule has 3 aliphatic rings. The van der Waals surface area contributed by atoms with Crippen LogP contribution < -0.4 is 10.6 Å². The molecule has 1 atom stereocenters. The molecule has 0 spiro atoms. The Morgan fingerprint density at radius 3 is 2.57 bits per heavy atom. The monoisotopic (exact) mass is 514 g/mol. The molecule has 2 saturated heterocycles. The summed E-state index contributed by atoms with van der Waals surface area (Å²) in [5.74, 6) is -4.91. The minimum Gasteiger partial charge on any atom is -0.380 e. The Balaban J connectivity index is 1.23. The van der Waals surface area contributed by atoms with Gasteiger partial charge in [0, 0.05) is 50.4 Å². The summed E-state index contributed by atoms with van der Waals surface area (Å²) in [5, 5.41) is 9.84. The second-order valence-corrected chi connectivity index (χ2v) is 9.94. The summed E-state index contributed by atoms with van der Waals surface area (Å²) in [5.41, 5.74) is 1.73. The molecule has 2 fully saturated rings. The van der Waals surface area contributed by atoms with Crippen molar-refractivity contribution in [3.05, 3.63) is 47.3 Å². The van der Waals surface area contributed by atoms with Crippen LogP contribution in [0.5, 0.6) is 0 Å². The second kappa shape index (κ2) is 9.66. The second-order valence-electron chi connectivity index (χ2n) is 9.94. The van der Waals surface area contributed by atoms with Crippen LogP contribution in [0.2, 0.25) is 0 Å². The van der Waals surface area contributed by atoms with Crippen molar-refractivity contribution in [1.82, 2.24) is 24.9 Å². The summed E-state index contributed by atoms with van der Waals surface area (Å²) in [6.07, 6.45) is 5.22. The number of anilines is 1. The lowest BCUT2D eigenvalue weighted by Crippen LogP contribution is -2.54. The molecule has 5 rings (SSSR count). The third kappa shape index (κ3) is 5.10. The molecular weight excluding hydrogens is 486 g/mol. The molecule has 12 heteroatoms. The van der Waals surface area contributed by atoms with Crippen LogP contribution in [-0.4, -0.2) is 74.8 Å². The topological polar surface area (TPSA) is 117 Å². The van der Waals surface area contributed by atoms with Gasteiger partial charge in [-0.05, 0) is 31.4 Å². The SMILES string of the molecule is CC(F)(F)CN1CCC(n2cc(CNc3cccc4c3C(=O)N(C3CCC(=O)NC3=O)C4=O)cn2)CC1. The van der Waals surface area contributed by atoms with Crippen LogP contribution in [0.15, 0.2) is 30.6 Å². The Hall–Kier alpha value is -3.67. The molecular formula is C25H28F2N6O4. The van der Waals surface area contributed by atoms with Crippen molar-refractivity contribution in [2.75, 3.05) is 25.0 Å². The molecule has 0 saturated carbocycles. The van der Waals surface area contributed by atoms with Crippen LogP contribution in [0.1, 0.15) is 64.9 Å². The van der Waals surface area contributed by atoms with E-state index in [1.807, 2.05) is 10.9 Å². The molecule has 37 heavy (non-hydrogen) atoms. The van der Waals surface area contributed by atoms with Gasteiger partial charge in [0.2, 0.25) is 11.8 Å². The number of carbonyl (C=O) groups is 4. The first-order chi connectivity index (χ1) is 17.6. The van der Waals surface area contributed by atoms with Crippen molar-refractivity contribution in [1.29, 1.82) is 0 Å². The average molecular weight is 515 g/mol. The number of aromatic nitrogens is 2. The number of imide groups is 2. The number of halogens is 2. The molecule has 0 aliphatic carbocycles. The molecule has 1 aromatic carbocycles. The number of amides is 4. The van der Waals surface area contributed by atoms with Crippen molar-refractivity contribution < 1.29 is 28.0 Å². The summed E-state index contributed by atoms with van der Waals surface area (Å²) in [6.45, 7) is 2.20. The number of hydrogen-bond donors (Lipinski definition) is 2. The Bertz CT molecular complexity index is 1250. The smallest absolute Gasteiger partial charge is 0.264 e. The number of hydrogen-bond acceptors (Lipinski definition) is 7. The Kier molecular flexibility index (Phi) is 6.52. The normalized spacial score (nSPS) is 21.4. The van der Waals surface area contributed by atoms with Crippen molar-refractivity contribution in [3.63, 3.8) is 0 Å². The van der Waals surface area contributed by atoms with Gasteiger partial charge >= 0.3 is 0 Å². The number of fused-ring (bicyclic) bond motifs is 1. The third-order valence-corrected chi connectivity index (χ3v) is 7.04. The van der Waals surface area contributed by atoms with Crippen LogP contribution in [-0.2, 0) is 16.1 Å². The van der Waals surface area contributed by atoms with Crippen LogP contribution in [0, 0.1) is 0 Å². The molecule has 196 valence electrons. The molecule has 2 N–H and O–H groups in total. The summed E-state index contributed by atoms with van der Waals surface area (Å²) in [7, 11) is 0. The highest BCUT2D eigenvalue weighted by molar-refractivity contribution is 6.25. The first-order valence-electron chi connectivity index (χ1n) is 12.3. The van der Waals surface area contributed by atoms with E-state index >= 15 is 0 Å². The van der Waals surface area contributed by atoms with Gasteiger partial charge in [-0.3, -0.25) is 39.0 Å². The number of nitrogens with one attached hydrogen (secondary N) is 2. The zero-order valence-electron chi connectivity index (χ0n) is 20.4. The number of alkyl halides is 2. The maximum absolute atomic E-state index is 13.3. The fourth-order valence-electron chi connectivity index (χ4n) is 5.26. The fraction of sp³-hybridized carbons (Fsp3) is 0.480. The predicted molar refractivity (Wildman–Crippen MR) is 128 cm³/mol. The maximum Gasteiger partial charge on any atom is 0.264 e. The molecule has 4 amide bonds. The standard InChI is InChI=1S/C25H28F2N6O4/c1-25(26,27)14-31-9-7-16(8-10-31)32-13-15(12-29-32)11-28-18-4-2-3-17-21(18)24(37)33(23(17)36)19-5-6-20(34)30-22(19)35/h2-4,12-13,16,19,28H,5-11,14H2,1H3,(H,30,34,35). The average Bonchev–Trinajstić information content (AvgIpc) is 3.41. The van der Waals surface area contributed by atoms with E-state index in [1.54, 1.807) is 29.3 Å². The summed E-state index contributed by atoms with van der Waals surface area (Å²) >= 11 is 0. The highest BCUT2D eigenvalue weighted by Crippen LogP contribution is 2.33. The van der Waals surface area contributed by atoms with Gasteiger partial charge in [-0.25, -0.2) is 8.78 Å². The minimum atomic E-state index is -2.71. The van der Waals surface area contributed by atoms with Gasteiger partial charge in [-0.15, -0.1) is 0 Å². The number of nitrogens with zero attached hydrogens (tertiary/aromatic N) is 4. The van der Waals surface area contributed by atoms with Crippen molar-refractivity contribution >= 4 is 29.3 Å². The molecule has 3 aliphatic heterocycles. The highest BCUT2D eigenvalue weighted by Gasteiger charge is 2.45. The van der Waals surface area contributed by atoms with Crippen molar-refractivity contribution in [2.24, 2.45) is 0 Å². The van der Waals surface area contributed by atoms with Gasteiger partial charge in [0.05, 0.1) is 29.9 Å². The first kappa shape index (κ1) is 25.0. The molecule has 2 aromatic rings. The number of rotatable bonds is 7. The zero-order valence-corrected chi connectivity index (χ0v) is 20.4. The number of likely N-dealkylation sites (tertiary alicyclic amines) is 1. The van der Waals surface area contributed by atoms with Gasteiger partial charge in [0.25, 0.3) is 17.7 Å². The van der Waals surface area contributed by atoms with E-state index in [1.165, 1.54) is 0 Å². The molecule has 1 unspecified atom stereocenters. The lowest BCUT2D eigenvalue weighted by Gasteiger charge is -2.33. The van der Waals surface area contributed by atoms with E-state index in [4.69, 9.17) is 0 Å². The fourth-order valence-corrected chi connectivity index (χ4v) is 5.26. The van der Waals surface area contributed by atoms with Crippen LogP contribution in [0.3, 0.4) is 0 Å². The van der Waals surface area contributed by atoms with Gasteiger partial charge in [-0.2, -0.15) is 5.10 Å². The highest BCUT2D eigenvalue weighted by atomic mass is 19.3. The zero-order chi connectivity index (χ0) is 26.3. The van der Waals surface area contributed by atoms with Crippen LogP contribution >= 0.6 is 0 Å². The van der Waals surface area contributed by atoms with E-state index in [-0.39, 0.29) is 36.6 Å². The Labute approximate surface area is 212 Å². The maximum atomic E-state index is 13.3. The molecule has 0 radical (unpaired) electrons. The lowest BCUT2D eigenvalue weighted by molar-refractivity contribution is -0.136. The van der Waals surface area contributed by atoms with Gasteiger partial charge in [0.1, 0.15) is 6.04 Å². The molecule has 0 bridgehead atoms. The summed E-state index contributed by atoms with van der Waals surface area (Å²) < 4.78 is 28.4. The van der Waals surface area contributed by atoms with Gasteiger partial charge < -0.3 is 5.32 Å². The molecule has 4 heterocycles. The van der Waals surface area contributed by atoms with E-state index in [9.17, 15) is 28.0 Å². The van der Waals surface area contributed by atoms with Crippen LogP contribution in [0.4, 0.5) is 14.5 Å². The third-order valence-electron chi connectivity index (χ3n) is 7.04. The number of carbonyl (C=O) groups excluding carboxylic acids is 4. The number of benzene rings is 1. The van der Waals surface area contributed by atoms with Gasteiger partial charge in [0.15, 0.2) is 0 Å². The predicted octanol–water partition coefficient (Wildman–Crippen LogP) is 2.19. The van der Waals surface area contributed by atoms with Crippen molar-refractivity contribution in [3.8, 4) is 0 Å². The quantitative estimate of drug-likeness (QED) is 0.544. The van der Waals surface area contributed by atoms with Crippen LogP contribution in [0.25, 0.3) is 0 Å². The van der Waals surface area contributed by atoms with E-state index in [2.05, 4.69) is 15.7 Å². The van der Waals surface area contributed by atoms with E-state index in [0.29, 0.717) is 25.3 Å². The summed E-state index contributed by atoms with van der Waals surface area (Å²) in [4.78, 5) is 52.7. The van der Waals surface area contributed by atoms with Gasteiger partial charge in [-0.1, -0.05) is 6.07 Å². The molecule has 10 nitrogen and oxygen atoms in total. The van der Waals surface area contributed by atoms with E-state index in [0.717, 1.165) is 30.2 Å². The minimum absolute atomic E-state index is 0.0585. The lowest BCUT2D eigenvalue weighted by atomic mass is 10.0.